The second-order valence-corrected chi connectivity index (χ2v) is 3.10. The van der Waals surface area contributed by atoms with Crippen LogP contribution in [0.5, 0.6) is 0 Å². The van der Waals surface area contributed by atoms with Crippen LogP contribution in [-0.2, 0) is 4.79 Å². The smallest absolute Gasteiger partial charge is 0.277 e. The Morgan fingerprint density at radius 2 is 2.07 bits per heavy atom. The lowest BCUT2D eigenvalue weighted by atomic mass is 10.3. The van der Waals surface area contributed by atoms with Crippen molar-refractivity contribution in [2.45, 2.75) is 12.6 Å². The zero-order valence-electron chi connectivity index (χ0n) is 7.78. The molecule has 0 spiro atoms. The van der Waals surface area contributed by atoms with Crippen LogP contribution in [0.3, 0.4) is 0 Å². The molecule has 0 saturated heterocycles. The van der Waals surface area contributed by atoms with Crippen molar-refractivity contribution in [3.05, 3.63) is 30.3 Å². The molecule has 0 aliphatic heterocycles. The Morgan fingerprint density at radius 1 is 1.50 bits per heavy atom. The second-order valence-electron chi connectivity index (χ2n) is 2.72. The van der Waals surface area contributed by atoms with Crippen LogP contribution in [0.15, 0.2) is 30.3 Å². The van der Waals surface area contributed by atoms with Crippen LogP contribution in [0.2, 0.25) is 0 Å². The highest BCUT2D eigenvalue weighted by Gasteiger charge is 2.21. The van der Waals surface area contributed by atoms with Crippen LogP contribution >= 0.6 is 11.6 Å². The molecule has 76 valence electrons. The lowest BCUT2D eigenvalue weighted by molar-refractivity contribution is -0.120. The van der Waals surface area contributed by atoms with Crippen LogP contribution in [0, 0.1) is 0 Å². The topological polar surface area (TPSA) is 20.3 Å². The first-order valence-electron chi connectivity index (χ1n) is 4.31. The number of rotatable bonds is 3. The van der Waals surface area contributed by atoms with Crippen LogP contribution in [0.4, 0.5) is 10.1 Å². The molecule has 0 fully saturated rings. The molecular formula is C10H11ClFNO. The fourth-order valence-electron chi connectivity index (χ4n) is 1.19. The van der Waals surface area contributed by atoms with Gasteiger partial charge in [0.25, 0.3) is 11.5 Å². The molecule has 0 saturated carbocycles. The lowest BCUT2D eigenvalue weighted by Gasteiger charge is -2.20. The zero-order chi connectivity index (χ0) is 10.6. The van der Waals surface area contributed by atoms with Crippen LogP contribution in [-0.4, -0.2) is 18.1 Å². The maximum absolute atomic E-state index is 12.6. The summed E-state index contributed by atoms with van der Waals surface area (Å²) < 4.78 is 12.6. The summed E-state index contributed by atoms with van der Waals surface area (Å²) in [6.45, 7) is 2.17. The molecule has 0 aliphatic carbocycles. The number of para-hydroxylation sites is 1. The Morgan fingerprint density at radius 3 is 2.50 bits per heavy atom. The molecule has 1 amide bonds. The van der Waals surface area contributed by atoms with Gasteiger partial charge in [0.05, 0.1) is 0 Å². The molecule has 0 aliphatic rings. The van der Waals surface area contributed by atoms with Gasteiger partial charge >= 0.3 is 0 Å². The number of nitrogens with zero attached hydrogens (tertiary/aromatic N) is 1. The summed E-state index contributed by atoms with van der Waals surface area (Å²) >= 11 is 5.09. The summed E-state index contributed by atoms with van der Waals surface area (Å²) in [5.41, 5.74) is -1.32. The molecule has 4 heteroatoms. The van der Waals surface area contributed by atoms with Gasteiger partial charge in [0.2, 0.25) is 0 Å². The summed E-state index contributed by atoms with van der Waals surface area (Å²) in [4.78, 5) is 12.6. The largest absolute Gasteiger partial charge is 0.309 e. The molecule has 0 heterocycles. The molecule has 0 bridgehead atoms. The monoisotopic (exact) mass is 215 g/mol. The third-order valence-electron chi connectivity index (χ3n) is 1.84. The molecule has 1 aromatic rings. The number of benzene rings is 1. The summed E-state index contributed by atoms with van der Waals surface area (Å²) in [6, 6.07) is 8.87. The molecular weight excluding hydrogens is 205 g/mol. The molecule has 0 radical (unpaired) electrons. The SMILES string of the molecule is CCN(C(=O)C(F)Cl)c1ccccc1. The highest BCUT2D eigenvalue weighted by molar-refractivity contribution is 6.31. The Balaban J connectivity index is 2.88. The van der Waals surface area contributed by atoms with Crippen molar-refractivity contribution in [3.8, 4) is 0 Å². The summed E-state index contributed by atoms with van der Waals surface area (Å²) in [6.07, 6.45) is 0. The number of hydrogen-bond donors (Lipinski definition) is 0. The zero-order valence-corrected chi connectivity index (χ0v) is 8.54. The molecule has 1 aromatic carbocycles. The number of anilines is 1. The van der Waals surface area contributed by atoms with Gasteiger partial charge < -0.3 is 4.90 Å². The van der Waals surface area contributed by atoms with Gasteiger partial charge in [-0.3, -0.25) is 4.79 Å². The highest BCUT2D eigenvalue weighted by Crippen LogP contribution is 2.15. The van der Waals surface area contributed by atoms with E-state index in [1.165, 1.54) is 4.90 Å². The van der Waals surface area contributed by atoms with Crippen molar-refractivity contribution in [1.82, 2.24) is 0 Å². The third kappa shape index (κ3) is 2.45. The van der Waals surface area contributed by atoms with Crippen molar-refractivity contribution >= 4 is 23.2 Å². The molecule has 0 aromatic heterocycles. The minimum Gasteiger partial charge on any atom is -0.309 e. The Bertz CT molecular complexity index is 302. The van der Waals surface area contributed by atoms with E-state index in [2.05, 4.69) is 0 Å². The summed E-state index contributed by atoms with van der Waals surface area (Å²) in [7, 11) is 0. The molecule has 1 unspecified atom stereocenters. The first kappa shape index (κ1) is 11.0. The summed E-state index contributed by atoms with van der Waals surface area (Å²) in [5.74, 6) is -0.722. The van der Waals surface area contributed by atoms with Crippen LogP contribution in [0.25, 0.3) is 0 Å². The van der Waals surface area contributed by atoms with Crippen molar-refractivity contribution in [3.63, 3.8) is 0 Å². The number of carbonyl (C=O) groups is 1. The third-order valence-corrected chi connectivity index (χ3v) is 2.02. The second kappa shape index (κ2) is 4.96. The number of carbonyl (C=O) groups excluding carboxylic acids is 1. The minimum atomic E-state index is -1.98. The van der Waals surface area contributed by atoms with Crippen molar-refractivity contribution in [2.24, 2.45) is 0 Å². The fraction of sp³-hybridized carbons (Fsp3) is 0.300. The van der Waals surface area contributed by atoms with Crippen LogP contribution in [0.1, 0.15) is 6.92 Å². The lowest BCUT2D eigenvalue weighted by Crippen LogP contribution is -2.34. The van der Waals surface area contributed by atoms with Gasteiger partial charge in [-0.25, -0.2) is 4.39 Å². The highest BCUT2D eigenvalue weighted by atomic mass is 35.5. The predicted molar refractivity (Wildman–Crippen MR) is 55.2 cm³/mol. The minimum absolute atomic E-state index is 0.399. The van der Waals surface area contributed by atoms with Gasteiger partial charge in [-0.1, -0.05) is 29.8 Å². The average Bonchev–Trinajstić information content (AvgIpc) is 2.20. The van der Waals surface area contributed by atoms with E-state index in [1.54, 1.807) is 31.2 Å². The van der Waals surface area contributed by atoms with E-state index in [9.17, 15) is 9.18 Å². The standard InChI is InChI=1S/C10H11ClFNO/c1-2-13(10(14)9(11)12)8-6-4-3-5-7-8/h3-7,9H,2H2,1H3. The van der Waals surface area contributed by atoms with E-state index >= 15 is 0 Å². The number of halogens is 2. The average molecular weight is 216 g/mol. The van der Waals surface area contributed by atoms with Gasteiger partial charge in [0, 0.05) is 12.2 Å². The molecule has 0 N–H and O–H groups in total. The van der Waals surface area contributed by atoms with E-state index in [1.807, 2.05) is 6.07 Å². The molecule has 2 nitrogen and oxygen atoms in total. The van der Waals surface area contributed by atoms with E-state index < -0.39 is 11.5 Å². The van der Waals surface area contributed by atoms with Gasteiger partial charge in [-0.05, 0) is 19.1 Å². The number of hydrogen-bond acceptors (Lipinski definition) is 1. The molecule has 1 rings (SSSR count). The van der Waals surface area contributed by atoms with E-state index in [4.69, 9.17) is 11.6 Å². The first-order valence-corrected chi connectivity index (χ1v) is 4.75. The predicted octanol–water partition coefficient (Wildman–Crippen LogP) is 2.57. The Hall–Kier alpha value is -1.09. The van der Waals surface area contributed by atoms with Crippen molar-refractivity contribution < 1.29 is 9.18 Å². The maximum Gasteiger partial charge on any atom is 0.277 e. The first-order chi connectivity index (χ1) is 6.66. The van der Waals surface area contributed by atoms with E-state index in [0.717, 1.165) is 0 Å². The van der Waals surface area contributed by atoms with Gasteiger partial charge in [0.1, 0.15) is 0 Å². The normalized spacial score (nSPS) is 12.2. The fourth-order valence-corrected chi connectivity index (χ4v) is 1.31. The van der Waals surface area contributed by atoms with Crippen molar-refractivity contribution in [2.75, 3.05) is 11.4 Å². The Labute approximate surface area is 87.3 Å². The maximum atomic E-state index is 12.6. The van der Waals surface area contributed by atoms with Gasteiger partial charge in [0.15, 0.2) is 0 Å². The molecule has 1 atom stereocenters. The van der Waals surface area contributed by atoms with Crippen molar-refractivity contribution in [1.29, 1.82) is 0 Å². The van der Waals surface area contributed by atoms with Gasteiger partial charge in [-0.15, -0.1) is 0 Å². The molecule has 14 heavy (non-hydrogen) atoms. The number of alkyl halides is 2. The quantitative estimate of drug-likeness (QED) is 0.710. The van der Waals surface area contributed by atoms with Gasteiger partial charge in [-0.2, -0.15) is 0 Å². The van der Waals surface area contributed by atoms with Crippen LogP contribution < -0.4 is 4.90 Å². The Kier molecular flexibility index (Phi) is 3.89. The number of amides is 1. The summed E-state index contributed by atoms with van der Waals surface area (Å²) in [5, 5.41) is 0. The van der Waals surface area contributed by atoms with E-state index in [-0.39, 0.29) is 0 Å². The van der Waals surface area contributed by atoms with E-state index in [0.29, 0.717) is 12.2 Å².